The van der Waals surface area contributed by atoms with E-state index in [1.807, 2.05) is 24.6 Å². The van der Waals surface area contributed by atoms with Gasteiger partial charge in [-0.15, -0.1) is 0 Å². The van der Waals surface area contributed by atoms with Crippen LogP contribution < -0.4 is 5.32 Å². The van der Waals surface area contributed by atoms with E-state index >= 15 is 0 Å². The third kappa shape index (κ3) is 4.18. The Balaban J connectivity index is 1.67. The molecule has 1 aliphatic heterocycles. The van der Waals surface area contributed by atoms with E-state index < -0.39 is 0 Å². The van der Waals surface area contributed by atoms with Crippen LogP contribution in [0, 0.1) is 0 Å². The highest BCUT2D eigenvalue weighted by molar-refractivity contribution is 5.21. The van der Waals surface area contributed by atoms with Crippen molar-refractivity contribution < 1.29 is 4.74 Å². The molecule has 0 saturated heterocycles. The Morgan fingerprint density at radius 2 is 2.00 bits per heavy atom. The smallest absolute Gasteiger partial charge is 0.110 e. The molecule has 2 aromatic rings. The van der Waals surface area contributed by atoms with E-state index in [9.17, 15) is 0 Å². The number of allylic oxidation sites excluding steroid dienone is 1. The number of aromatic nitrogens is 1. The fourth-order valence-corrected chi connectivity index (χ4v) is 2.73. The Kier molecular flexibility index (Phi) is 5.22. The van der Waals surface area contributed by atoms with Crippen molar-refractivity contribution in [2.45, 2.75) is 31.4 Å². The fraction of sp³-hybridized carbons (Fsp3) is 0.316. The highest BCUT2D eigenvalue weighted by atomic mass is 16.5. The first-order chi connectivity index (χ1) is 10.9. The quantitative estimate of drug-likeness (QED) is 0.883. The van der Waals surface area contributed by atoms with Gasteiger partial charge in [-0.1, -0.05) is 36.4 Å². The molecule has 3 rings (SSSR count). The Hall–Kier alpha value is -2.13. The molecule has 0 amide bonds. The van der Waals surface area contributed by atoms with Gasteiger partial charge in [-0.3, -0.25) is 4.98 Å². The molecule has 0 unspecified atom stereocenters. The molecule has 0 saturated carbocycles. The molecule has 22 heavy (non-hydrogen) atoms. The van der Waals surface area contributed by atoms with Crippen LogP contribution in [0.4, 0.5) is 0 Å². The monoisotopic (exact) mass is 294 g/mol. The minimum absolute atomic E-state index is 0.255. The van der Waals surface area contributed by atoms with Gasteiger partial charge in [-0.2, -0.15) is 0 Å². The van der Waals surface area contributed by atoms with Crippen molar-refractivity contribution in [1.82, 2.24) is 10.3 Å². The SMILES string of the molecule is C1=CO[C@H](CN[C@H](Cc2ccccn2)c2ccccc2)CC1. The molecule has 114 valence electrons. The molecule has 0 fully saturated rings. The molecular formula is C19H22N2O. The topological polar surface area (TPSA) is 34.1 Å². The third-order valence-electron chi connectivity index (χ3n) is 3.96. The van der Waals surface area contributed by atoms with Crippen molar-refractivity contribution in [2.75, 3.05) is 6.54 Å². The molecule has 0 spiro atoms. The molecule has 0 bridgehead atoms. The largest absolute Gasteiger partial charge is 0.497 e. The van der Waals surface area contributed by atoms with Gasteiger partial charge in [0.05, 0.1) is 6.26 Å². The Labute approximate surface area is 132 Å². The van der Waals surface area contributed by atoms with Crippen molar-refractivity contribution in [3.8, 4) is 0 Å². The lowest BCUT2D eigenvalue weighted by molar-refractivity contribution is 0.119. The summed E-state index contributed by atoms with van der Waals surface area (Å²) >= 11 is 0. The molecule has 3 nitrogen and oxygen atoms in total. The summed E-state index contributed by atoms with van der Waals surface area (Å²) in [5.41, 5.74) is 2.40. The summed E-state index contributed by atoms with van der Waals surface area (Å²) < 4.78 is 5.66. The van der Waals surface area contributed by atoms with Gasteiger partial charge in [0.15, 0.2) is 0 Å². The van der Waals surface area contributed by atoms with Crippen LogP contribution in [-0.2, 0) is 11.2 Å². The predicted octanol–water partition coefficient (Wildman–Crippen LogP) is 3.65. The molecule has 1 aromatic carbocycles. The number of nitrogens with zero attached hydrogens (tertiary/aromatic N) is 1. The first-order valence-electron chi connectivity index (χ1n) is 7.90. The maximum Gasteiger partial charge on any atom is 0.110 e. The maximum absolute atomic E-state index is 5.66. The average Bonchev–Trinajstić information content (AvgIpc) is 2.61. The molecule has 0 aliphatic carbocycles. The maximum atomic E-state index is 5.66. The number of benzene rings is 1. The summed E-state index contributed by atoms with van der Waals surface area (Å²) in [7, 11) is 0. The van der Waals surface area contributed by atoms with Gasteiger partial charge in [0.1, 0.15) is 6.10 Å². The number of ether oxygens (including phenoxy) is 1. The van der Waals surface area contributed by atoms with Crippen LogP contribution in [-0.4, -0.2) is 17.6 Å². The zero-order valence-corrected chi connectivity index (χ0v) is 12.7. The minimum atomic E-state index is 0.255. The molecule has 1 aliphatic rings. The van der Waals surface area contributed by atoms with Crippen LogP contribution in [0.25, 0.3) is 0 Å². The Morgan fingerprint density at radius 3 is 2.73 bits per heavy atom. The van der Waals surface area contributed by atoms with Gasteiger partial charge in [-0.25, -0.2) is 0 Å². The van der Waals surface area contributed by atoms with Gasteiger partial charge >= 0.3 is 0 Å². The molecule has 3 heteroatoms. The number of nitrogens with one attached hydrogen (secondary N) is 1. The molecular weight excluding hydrogens is 272 g/mol. The highest BCUT2D eigenvalue weighted by Gasteiger charge is 2.16. The number of hydrogen-bond donors (Lipinski definition) is 1. The summed E-state index contributed by atoms with van der Waals surface area (Å²) in [5, 5.41) is 3.66. The Morgan fingerprint density at radius 1 is 1.14 bits per heavy atom. The van der Waals surface area contributed by atoms with Crippen LogP contribution in [0.3, 0.4) is 0 Å². The summed E-state index contributed by atoms with van der Waals surface area (Å²) in [4.78, 5) is 4.46. The van der Waals surface area contributed by atoms with Crippen LogP contribution in [0.2, 0.25) is 0 Å². The zero-order valence-electron chi connectivity index (χ0n) is 12.7. The van der Waals surface area contributed by atoms with E-state index in [4.69, 9.17) is 4.74 Å². The average molecular weight is 294 g/mol. The summed E-state index contributed by atoms with van der Waals surface area (Å²) in [6.45, 7) is 0.858. The van der Waals surface area contributed by atoms with Crippen LogP contribution in [0.1, 0.15) is 30.1 Å². The first kappa shape index (κ1) is 14.8. The van der Waals surface area contributed by atoms with Gasteiger partial charge in [-0.05, 0) is 36.6 Å². The van der Waals surface area contributed by atoms with Gasteiger partial charge in [0, 0.05) is 30.9 Å². The summed E-state index contributed by atoms with van der Waals surface area (Å²) in [5.74, 6) is 0. The van der Waals surface area contributed by atoms with Crippen molar-refractivity contribution in [3.63, 3.8) is 0 Å². The van der Waals surface area contributed by atoms with Crippen molar-refractivity contribution >= 4 is 0 Å². The third-order valence-corrected chi connectivity index (χ3v) is 3.96. The normalized spacial score (nSPS) is 18.6. The lowest BCUT2D eigenvalue weighted by Crippen LogP contribution is -2.33. The van der Waals surface area contributed by atoms with Gasteiger partial charge < -0.3 is 10.1 Å². The molecule has 0 radical (unpaired) electrons. The van der Waals surface area contributed by atoms with E-state index in [2.05, 4.69) is 52.8 Å². The molecule has 1 aromatic heterocycles. The van der Waals surface area contributed by atoms with Gasteiger partial charge in [0.2, 0.25) is 0 Å². The van der Waals surface area contributed by atoms with E-state index in [1.54, 1.807) is 0 Å². The zero-order chi connectivity index (χ0) is 15.0. The van der Waals surface area contributed by atoms with Crippen molar-refractivity contribution in [1.29, 1.82) is 0 Å². The van der Waals surface area contributed by atoms with Crippen LogP contribution in [0.15, 0.2) is 67.1 Å². The summed E-state index contributed by atoms with van der Waals surface area (Å²) in [6.07, 6.45) is 9.09. The van der Waals surface area contributed by atoms with Crippen molar-refractivity contribution in [3.05, 3.63) is 78.3 Å². The number of rotatable bonds is 6. The first-order valence-corrected chi connectivity index (χ1v) is 7.90. The second kappa shape index (κ2) is 7.76. The molecule has 2 heterocycles. The van der Waals surface area contributed by atoms with Crippen LogP contribution in [0.5, 0.6) is 0 Å². The second-order valence-electron chi connectivity index (χ2n) is 5.60. The summed E-state index contributed by atoms with van der Waals surface area (Å²) in [6, 6.07) is 16.9. The molecule has 2 atom stereocenters. The van der Waals surface area contributed by atoms with Crippen LogP contribution >= 0.6 is 0 Å². The minimum Gasteiger partial charge on any atom is -0.497 e. The Bertz CT molecular complexity index is 583. The number of hydrogen-bond acceptors (Lipinski definition) is 3. The van der Waals surface area contributed by atoms with Gasteiger partial charge in [0.25, 0.3) is 0 Å². The highest BCUT2D eigenvalue weighted by Crippen LogP contribution is 2.18. The van der Waals surface area contributed by atoms with Crippen molar-refractivity contribution in [2.24, 2.45) is 0 Å². The second-order valence-corrected chi connectivity index (χ2v) is 5.60. The molecule has 1 N–H and O–H groups in total. The number of pyridine rings is 1. The predicted molar refractivity (Wildman–Crippen MR) is 88.4 cm³/mol. The fourth-order valence-electron chi connectivity index (χ4n) is 2.73. The van der Waals surface area contributed by atoms with E-state index in [0.29, 0.717) is 0 Å². The van der Waals surface area contributed by atoms with E-state index in [1.165, 1.54) is 5.56 Å². The lowest BCUT2D eigenvalue weighted by Gasteiger charge is -2.24. The lowest BCUT2D eigenvalue weighted by atomic mass is 10.0. The standard InChI is InChI=1S/C19H22N2O/c1-2-8-16(9-3-1)19(14-17-10-4-6-12-20-17)21-15-18-11-5-7-13-22-18/h1-4,6-10,12-13,18-19,21H,5,11,14-15H2/t18-,19+/m0/s1. The van der Waals surface area contributed by atoms with E-state index in [0.717, 1.165) is 31.5 Å². The van der Waals surface area contributed by atoms with E-state index in [-0.39, 0.29) is 12.1 Å².